The lowest BCUT2D eigenvalue weighted by atomic mass is 9.47. The molecule has 4 aliphatic carbocycles. The second-order valence-corrected chi connectivity index (χ2v) is 12.2. The molecule has 3 saturated carbocycles. The minimum atomic E-state index is -1.28. The van der Waals surface area contributed by atoms with E-state index in [0.717, 1.165) is 6.42 Å². The second-order valence-electron chi connectivity index (χ2n) is 12.2. The zero-order chi connectivity index (χ0) is 24.5. The first-order chi connectivity index (χ1) is 15.2. The topological polar surface area (TPSA) is 77.5 Å². The number of carbonyl (C=O) groups is 4. The Bertz CT molecular complexity index is 971. The van der Waals surface area contributed by atoms with E-state index in [4.69, 9.17) is 4.74 Å². The van der Waals surface area contributed by atoms with Gasteiger partial charge in [-0.05, 0) is 74.5 Å². The summed E-state index contributed by atoms with van der Waals surface area (Å²) in [7, 11) is 0. The maximum atomic E-state index is 15.4. The minimum absolute atomic E-state index is 0.0127. The van der Waals surface area contributed by atoms with Crippen molar-refractivity contribution in [3.05, 3.63) is 23.8 Å². The summed E-state index contributed by atoms with van der Waals surface area (Å²) < 4.78 is 20.7. The Morgan fingerprint density at radius 3 is 2.48 bits per heavy atom. The Morgan fingerprint density at radius 2 is 1.85 bits per heavy atom. The van der Waals surface area contributed by atoms with Crippen LogP contribution in [0, 0.1) is 45.8 Å². The number of fused-ring (bicyclic) bond motifs is 5. The van der Waals surface area contributed by atoms with Crippen LogP contribution in [0.5, 0.6) is 0 Å². The molecule has 0 heterocycles. The number of hydrogen-bond donors (Lipinski definition) is 0. The molecule has 3 fully saturated rings. The standard InChI is InChI=1S/C27H35FO5/c1-14-9-17-16-11-19(28)18-10-15(29)7-8-26(18,5)23(16)20(30)12-27(17,6)22(14)21(31)13-33-24(32)25(2,3)4/h7-8,10,14,16-17,19,22-23H,9,11-13H2,1-6H3/t14-,16+,17+,19+,22-,23-,26+,27+/m1/s1. The fraction of sp³-hybridized carbons (Fsp3) is 0.704. The molecule has 4 rings (SSSR count). The van der Waals surface area contributed by atoms with Crippen LogP contribution in [0.15, 0.2) is 23.8 Å². The number of carbonyl (C=O) groups excluding carboxylic acids is 4. The van der Waals surface area contributed by atoms with E-state index in [1.807, 2.05) is 20.8 Å². The number of alkyl halides is 1. The summed E-state index contributed by atoms with van der Waals surface area (Å²) in [6.45, 7) is 10.8. The van der Waals surface area contributed by atoms with Gasteiger partial charge in [0.15, 0.2) is 11.6 Å². The molecule has 0 amide bonds. The van der Waals surface area contributed by atoms with E-state index in [9.17, 15) is 19.2 Å². The minimum Gasteiger partial charge on any atom is -0.457 e. The molecule has 0 saturated heterocycles. The summed E-state index contributed by atoms with van der Waals surface area (Å²) in [6.07, 6.45) is 4.45. The molecule has 33 heavy (non-hydrogen) atoms. The van der Waals surface area contributed by atoms with Crippen molar-refractivity contribution in [2.24, 2.45) is 45.8 Å². The van der Waals surface area contributed by atoms with Crippen LogP contribution >= 0.6 is 0 Å². The molecule has 0 aliphatic heterocycles. The molecule has 0 unspecified atom stereocenters. The smallest absolute Gasteiger partial charge is 0.311 e. The van der Waals surface area contributed by atoms with Crippen LogP contribution < -0.4 is 0 Å². The molecular weight excluding hydrogens is 423 g/mol. The number of ether oxygens (including phenoxy) is 1. The molecule has 6 heteroatoms. The first-order valence-electron chi connectivity index (χ1n) is 12.0. The Hall–Kier alpha value is -2.11. The van der Waals surface area contributed by atoms with Crippen molar-refractivity contribution >= 4 is 23.3 Å². The summed E-state index contributed by atoms with van der Waals surface area (Å²) in [6, 6.07) is 0. The summed E-state index contributed by atoms with van der Waals surface area (Å²) in [5.41, 5.74) is -1.67. The third-order valence-electron chi connectivity index (χ3n) is 8.88. The van der Waals surface area contributed by atoms with Crippen molar-refractivity contribution in [3.8, 4) is 0 Å². The monoisotopic (exact) mass is 458 g/mol. The van der Waals surface area contributed by atoms with Gasteiger partial charge in [0.05, 0.1) is 5.41 Å². The van der Waals surface area contributed by atoms with E-state index in [2.05, 4.69) is 0 Å². The predicted octanol–water partition coefficient (Wildman–Crippen LogP) is 4.44. The lowest BCUT2D eigenvalue weighted by Gasteiger charge is -2.56. The highest BCUT2D eigenvalue weighted by Gasteiger charge is 2.65. The summed E-state index contributed by atoms with van der Waals surface area (Å²) in [5.74, 6) is -1.74. The van der Waals surface area contributed by atoms with E-state index in [-0.39, 0.29) is 54.6 Å². The van der Waals surface area contributed by atoms with Crippen LogP contribution in [0.2, 0.25) is 0 Å². The van der Waals surface area contributed by atoms with Crippen LogP contribution in [-0.2, 0) is 23.9 Å². The van der Waals surface area contributed by atoms with E-state index in [1.165, 1.54) is 12.2 Å². The SMILES string of the molecule is C[C@@H]1C[C@H]2[C@@H]3C[C@H](F)C4=CC(=O)C=C[C@]4(C)[C@H]3C(=O)C[C@]2(C)[C@H]1C(=O)COC(=O)C(C)(C)C. The van der Waals surface area contributed by atoms with Gasteiger partial charge in [0.2, 0.25) is 0 Å². The molecule has 0 aromatic rings. The van der Waals surface area contributed by atoms with Crippen molar-refractivity contribution < 1.29 is 28.3 Å². The van der Waals surface area contributed by atoms with Crippen LogP contribution in [-0.4, -0.2) is 36.1 Å². The molecule has 0 radical (unpaired) electrons. The Labute approximate surface area is 195 Å². The second kappa shape index (κ2) is 7.71. The fourth-order valence-corrected chi connectivity index (χ4v) is 7.54. The largest absolute Gasteiger partial charge is 0.457 e. The van der Waals surface area contributed by atoms with Gasteiger partial charge in [-0.1, -0.05) is 26.8 Å². The third kappa shape index (κ3) is 3.64. The number of hydrogen-bond acceptors (Lipinski definition) is 5. The average molecular weight is 459 g/mol. The van der Waals surface area contributed by atoms with E-state index in [0.29, 0.717) is 5.57 Å². The van der Waals surface area contributed by atoms with Crippen molar-refractivity contribution in [3.63, 3.8) is 0 Å². The lowest BCUT2D eigenvalue weighted by Crippen LogP contribution is -2.57. The van der Waals surface area contributed by atoms with Gasteiger partial charge < -0.3 is 4.74 Å². The predicted molar refractivity (Wildman–Crippen MR) is 121 cm³/mol. The van der Waals surface area contributed by atoms with Gasteiger partial charge >= 0.3 is 5.97 Å². The van der Waals surface area contributed by atoms with Crippen LogP contribution in [0.3, 0.4) is 0 Å². The quantitative estimate of drug-likeness (QED) is 0.584. The average Bonchev–Trinajstić information content (AvgIpc) is 2.96. The molecule has 5 nitrogen and oxygen atoms in total. The Kier molecular flexibility index (Phi) is 5.61. The van der Waals surface area contributed by atoms with E-state index >= 15 is 4.39 Å². The molecule has 0 bridgehead atoms. The zero-order valence-corrected chi connectivity index (χ0v) is 20.4. The van der Waals surface area contributed by atoms with Crippen molar-refractivity contribution in [1.29, 1.82) is 0 Å². The van der Waals surface area contributed by atoms with Crippen LogP contribution in [0.25, 0.3) is 0 Å². The van der Waals surface area contributed by atoms with E-state index in [1.54, 1.807) is 26.8 Å². The lowest BCUT2D eigenvalue weighted by molar-refractivity contribution is -0.159. The number of allylic oxidation sites excluding steroid dienone is 4. The fourth-order valence-electron chi connectivity index (χ4n) is 7.54. The molecule has 8 atom stereocenters. The van der Waals surface area contributed by atoms with E-state index < -0.39 is 40.2 Å². The normalized spacial score (nSPS) is 42.2. The highest BCUT2D eigenvalue weighted by molar-refractivity contribution is 6.02. The van der Waals surface area contributed by atoms with Gasteiger partial charge in [-0.2, -0.15) is 0 Å². The third-order valence-corrected chi connectivity index (χ3v) is 8.88. The first kappa shape index (κ1) is 24.0. The van der Waals surface area contributed by atoms with Crippen LogP contribution in [0.4, 0.5) is 4.39 Å². The number of Topliss-reactive ketones (excluding diaryl/α,β-unsaturated/α-hetero) is 2. The Balaban J connectivity index is 1.63. The van der Waals surface area contributed by atoms with Crippen molar-refractivity contribution in [2.45, 2.75) is 67.0 Å². The molecular formula is C27H35FO5. The maximum absolute atomic E-state index is 15.4. The summed E-state index contributed by atoms with van der Waals surface area (Å²) >= 11 is 0. The molecule has 0 aromatic heterocycles. The number of rotatable bonds is 3. The maximum Gasteiger partial charge on any atom is 0.311 e. The highest BCUT2D eigenvalue weighted by Crippen LogP contribution is 2.66. The molecule has 0 spiro atoms. The highest BCUT2D eigenvalue weighted by atomic mass is 19.1. The molecule has 180 valence electrons. The molecule has 0 aromatic carbocycles. The van der Waals surface area contributed by atoms with Crippen LogP contribution in [0.1, 0.15) is 60.8 Å². The van der Waals surface area contributed by atoms with Gasteiger partial charge in [-0.15, -0.1) is 0 Å². The summed E-state index contributed by atoms with van der Waals surface area (Å²) in [5, 5.41) is 0. The first-order valence-corrected chi connectivity index (χ1v) is 12.0. The summed E-state index contributed by atoms with van der Waals surface area (Å²) in [4.78, 5) is 51.0. The van der Waals surface area contributed by atoms with Gasteiger partial charge in [0, 0.05) is 23.7 Å². The van der Waals surface area contributed by atoms with Gasteiger partial charge in [0.1, 0.15) is 18.6 Å². The molecule has 4 aliphatic rings. The molecule has 0 N–H and O–H groups in total. The number of halogens is 1. The zero-order valence-electron chi connectivity index (χ0n) is 20.4. The van der Waals surface area contributed by atoms with Gasteiger partial charge in [-0.25, -0.2) is 4.39 Å². The number of esters is 1. The number of ketones is 3. The Morgan fingerprint density at radius 1 is 1.18 bits per heavy atom. The van der Waals surface area contributed by atoms with Gasteiger partial charge in [-0.3, -0.25) is 19.2 Å². The van der Waals surface area contributed by atoms with Crippen molar-refractivity contribution in [2.75, 3.05) is 6.61 Å². The van der Waals surface area contributed by atoms with Crippen molar-refractivity contribution in [1.82, 2.24) is 0 Å². The van der Waals surface area contributed by atoms with Gasteiger partial charge in [0.25, 0.3) is 0 Å².